The van der Waals surface area contributed by atoms with Gasteiger partial charge in [-0.3, -0.25) is 5.41 Å². The van der Waals surface area contributed by atoms with E-state index >= 15 is 0 Å². The van der Waals surface area contributed by atoms with E-state index in [1.807, 2.05) is 0 Å². The molecule has 0 aromatic rings. The smallest absolute Gasteiger partial charge is 0.279 e. The van der Waals surface area contributed by atoms with Crippen LogP contribution in [0.15, 0.2) is 0 Å². The van der Waals surface area contributed by atoms with Gasteiger partial charge in [0.15, 0.2) is 0 Å². The van der Waals surface area contributed by atoms with Gasteiger partial charge in [0.25, 0.3) is 10.2 Å². The van der Waals surface area contributed by atoms with Gasteiger partial charge in [-0.05, 0) is 33.6 Å². The number of hydrogen-bond acceptors (Lipinski definition) is 3. The molecule has 100 valence electrons. The van der Waals surface area contributed by atoms with Gasteiger partial charge in [-0.15, -0.1) is 0 Å². The molecule has 1 aliphatic rings. The van der Waals surface area contributed by atoms with Gasteiger partial charge in [-0.2, -0.15) is 17.4 Å². The van der Waals surface area contributed by atoms with Crippen molar-refractivity contribution >= 4 is 16.0 Å². The molecule has 6 nitrogen and oxygen atoms in total. The van der Waals surface area contributed by atoms with Gasteiger partial charge in [0, 0.05) is 24.5 Å². The van der Waals surface area contributed by atoms with Gasteiger partial charge in [0.1, 0.15) is 0 Å². The van der Waals surface area contributed by atoms with Gasteiger partial charge >= 0.3 is 0 Å². The number of amidine groups is 1. The lowest BCUT2D eigenvalue weighted by atomic mass is 9.99. The van der Waals surface area contributed by atoms with Crippen LogP contribution in [0.4, 0.5) is 0 Å². The molecule has 1 aliphatic heterocycles. The Balaban J connectivity index is 2.75. The molecular weight excluding hydrogens is 240 g/mol. The van der Waals surface area contributed by atoms with E-state index in [9.17, 15) is 8.42 Å². The average Bonchev–Trinajstić information content (AvgIpc) is 2.14. The maximum Gasteiger partial charge on any atom is 0.279 e. The molecule has 17 heavy (non-hydrogen) atoms. The summed E-state index contributed by atoms with van der Waals surface area (Å²) < 4.78 is 28.1. The second kappa shape index (κ2) is 4.91. The van der Waals surface area contributed by atoms with Crippen LogP contribution in [-0.4, -0.2) is 37.2 Å². The standard InChI is InChI=1S/C10H22N4O2S/c1-10(2,3)13-17(15,16)14-6-4-5-8(7-14)9(11)12/h8,13H,4-7H2,1-3H3,(H3,11,12). The van der Waals surface area contributed by atoms with Crippen LogP contribution in [0.2, 0.25) is 0 Å². The van der Waals surface area contributed by atoms with E-state index in [0.717, 1.165) is 12.8 Å². The summed E-state index contributed by atoms with van der Waals surface area (Å²) in [6, 6.07) is 0. The largest absolute Gasteiger partial charge is 0.387 e. The first-order chi connectivity index (χ1) is 7.62. The first kappa shape index (κ1) is 14.4. The van der Waals surface area contributed by atoms with Crippen molar-refractivity contribution in [1.29, 1.82) is 5.41 Å². The van der Waals surface area contributed by atoms with Crippen LogP contribution < -0.4 is 10.5 Å². The molecule has 4 N–H and O–H groups in total. The van der Waals surface area contributed by atoms with Crippen molar-refractivity contribution < 1.29 is 8.42 Å². The molecule has 0 radical (unpaired) electrons. The van der Waals surface area contributed by atoms with Crippen molar-refractivity contribution in [1.82, 2.24) is 9.03 Å². The van der Waals surface area contributed by atoms with Gasteiger partial charge in [0.2, 0.25) is 0 Å². The molecule has 1 saturated heterocycles. The maximum absolute atomic E-state index is 12.1. The Bertz CT molecular complexity index is 386. The van der Waals surface area contributed by atoms with E-state index < -0.39 is 15.7 Å². The lowest BCUT2D eigenvalue weighted by molar-refractivity contribution is 0.301. The van der Waals surface area contributed by atoms with Crippen LogP contribution in [0, 0.1) is 11.3 Å². The summed E-state index contributed by atoms with van der Waals surface area (Å²) in [6.07, 6.45) is 1.53. The molecule has 0 aliphatic carbocycles. The monoisotopic (exact) mass is 262 g/mol. The molecule has 0 spiro atoms. The minimum absolute atomic E-state index is 0.0701. The highest BCUT2D eigenvalue weighted by molar-refractivity contribution is 7.87. The molecule has 0 aromatic heterocycles. The Morgan fingerprint density at radius 1 is 1.47 bits per heavy atom. The van der Waals surface area contributed by atoms with Crippen LogP contribution in [0.25, 0.3) is 0 Å². The van der Waals surface area contributed by atoms with Gasteiger partial charge < -0.3 is 5.73 Å². The molecule has 0 aromatic carbocycles. The second-order valence-electron chi connectivity index (χ2n) is 5.51. The van der Waals surface area contributed by atoms with Crippen molar-refractivity contribution in [3.8, 4) is 0 Å². The molecule has 7 heteroatoms. The topological polar surface area (TPSA) is 99.3 Å². The summed E-state index contributed by atoms with van der Waals surface area (Å²) in [5, 5.41) is 7.40. The summed E-state index contributed by atoms with van der Waals surface area (Å²) in [7, 11) is -3.48. The summed E-state index contributed by atoms with van der Waals surface area (Å²) in [6.45, 7) is 6.21. The van der Waals surface area contributed by atoms with Crippen molar-refractivity contribution in [3.63, 3.8) is 0 Å². The summed E-state index contributed by atoms with van der Waals surface area (Å²) in [5.41, 5.74) is 4.94. The van der Waals surface area contributed by atoms with Crippen LogP contribution >= 0.6 is 0 Å². The zero-order valence-electron chi connectivity index (χ0n) is 10.7. The Morgan fingerprint density at radius 3 is 2.53 bits per heavy atom. The minimum Gasteiger partial charge on any atom is -0.387 e. The first-order valence-electron chi connectivity index (χ1n) is 5.75. The van der Waals surface area contributed by atoms with Crippen LogP contribution in [-0.2, 0) is 10.2 Å². The number of hydrogen-bond donors (Lipinski definition) is 3. The fourth-order valence-electron chi connectivity index (χ4n) is 1.87. The Hall–Kier alpha value is -0.660. The predicted molar refractivity (Wildman–Crippen MR) is 68.0 cm³/mol. The average molecular weight is 262 g/mol. The van der Waals surface area contributed by atoms with Crippen molar-refractivity contribution in [2.75, 3.05) is 13.1 Å². The molecule has 1 atom stereocenters. The van der Waals surface area contributed by atoms with Crippen molar-refractivity contribution in [2.45, 2.75) is 39.2 Å². The zero-order chi connectivity index (χ0) is 13.3. The quantitative estimate of drug-likeness (QED) is 0.502. The maximum atomic E-state index is 12.1. The van der Waals surface area contributed by atoms with E-state index in [0.29, 0.717) is 13.1 Å². The van der Waals surface area contributed by atoms with E-state index in [-0.39, 0.29) is 11.8 Å². The highest BCUT2D eigenvalue weighted by Gasteiger charge is 2.32. The highest BCUT2D eigenvalue weighted by atomic mass is 32.2. The number of rotatable bonds is 3. The first-order valence-corrected chi connectivity index (χ1v) is 7.19. The summed E-state index contributed by atoms with van der Waals surface area (Å²) >= 11 is 0. The summed E-state index contributed by atoms with van der Waals surface area (Å²) in [4.78, 5) is 0. The number of nitrogens with zero attached hydrogens (tertiary/aromatic N) is 1. The van der Waals surface area contributed by atoms with Crippen LogP contribution in [0.3, 0.4) is 0 Å². The Morgan fingerprint density at radius 2 is 2.06 bits per heavy atom. The predicted octanol–water partition coefficient (Wildman–Crippen LogP) is 0.267. The lowest BCUT2D eigenvalue weighted by Crippen LogP contribution is -2.52. The molecule has 1 heterocycles. The second-order valence-corrected chi connectivity index (χ2v) is 7.18. The van der Waals surface area contributed by atoms with E-state index in [1.165, 1.54) is 4.31 Å². The van der Waals surface area contributed by atoms with Crippen molar-refractivity contribution in [2.24, 2.45) is 11.7 Å². The minimum atomic E-state index is -3.48. The van der Waals surface area contributed by atoms with E-state index in [4.69, 9.17) is 11.1 Å². The Kier molecular flexibility index (Phi) is 4.16. The number of nitrogens with two attached hydrogens (primary N) is 1. The molecule has 0 saturated carbocycles. The molecule has 0 bridgehead atoms. The normalized spacial score (nSPS) is 23.6. The van der Waals surface area contributed by atoms with Gasteiger partial charge in [-0.1, -0.05) is 0 Å². The zero-order valence-corrected chi connectivity index (χ0v) is 11.5. The molecule has 1 rings (SSSR count). The van der Waals surface area contributed by atoms with E-state index in [1.54, 1.807) is 20.8 Å². The molecule has 0 amide bonds. The molecular formula is C10H22N4O2S. The van der Waals surface area contributed by atoms with Crippen LogP contribution in [0.5, 0.6) is 0 Å². The fraction of sp³-hybridized carbons (Fsp3) is 0.900. The van der Waals surface area contributed by atoms with E-state index in [2.05, 4.69) is 4.72 Å². The number of piperidine rings is 1. The summed E-state index contributed by atoms with van der Waals surface area (Å²) in [5.74, 6) is -0.0825. The third-order valence-corrected chi connectivity index (χ3v) is 4.48. The third kappa shape index (κ3) is 4.25. The van der Waals surface area contributed by atoms with Crippen LogP contribution in [0.1, 0.15) is 33.6 Å². The molecule has 1 unspecified atom stereocenters. The lowest BCUT2D eigenvalue weighted by Gasteiger charge is -2.33. The molecule has 1 fully saturated rings. The van der Waals surface area contributed by atoms with Gasteiger partial charge in [0.05, 0.1) is 5.84 Å². The third-order valence-electron chi connectivity index (χ3n) is 2.60. The van der Waals surface area contributed by atoms with Crippen molar-refractivity contribution in [3.05, 3.63) is 0 Å². The highest BCUT2D eigenvalue weighted by Crippen LogP contribution is 2.19. The fourth-order valence-corrected chi connectivity index (χ4v) is 3.51. The Labute approximate surface area is 103 Å². The van der Waals surface area contributed by atoms with Gasteiger partial charge in [-0.25, -0.2) is 0 Å². The number of nitrogens with one attached hydrogen (secondary N) is 2. The SMILES string of the molecule is CC(C)(C)NS(=O)(=O)N1CCCC(C(=N)N)C1.